The van der Waals surface area contributed by atoms with Crippen molar-refractivity contribution in [2.45, 2.75) is 51.2 Å². The Bertz CT molecular complexity index is 365. The first-order valence-electron chi connectivity index (χ1n) is 6.21. The summed E-state index contributed by atoms with van der Waals surface area (Å²) in [6.45, 7) is 7.46. The average Bonchev–Trinajstić information content (AvgIpc) is 2.42. The number of nitrogens with zero attached hydrogens (tertiary/aromatic N) is 2. The van der Waals surface area contributed by atoms with E-state index in [-0.39, 0.29) is 11.6 Å². The molecule has 2 N–H and O–H groups in total. The first kappa shape index (κ1) is 12.4. The summed E-state index contributed by atoms with van der Waals surface area (Å²) in [5.74, 6) is 0.465. The summed E-state index contributed by atoms with van der Waals surface area (Å²) in [5, 5.41) is 0. The Balaban J connectivity index is 2.32. The van der Waals surface area contributed by atoms with Crippen molar-refractivity contribution < 1.29 is 9.53 Å². The molecule has 0 bridgehead atoms. The molecule has 0 radical (unpaired) electrons. The van der Waals surface area contributed by atoms with E-state index in [9.17, 15) is 4.79 Å². The molecule has 5 heteroatoms. The number of amidine groups is 1. The molecule has 96 valence electrons. The van der Waals surface area contributed by atoms with E-state index in [2.05, 4.69) is 11.9 Å². The summed E-state index contributed by atoms with van der Waals surface area (Å²) in [6.07, 6.45) is 2.39. The smallest absolute Gasteiger partial charge is 0.346 e. The minimum absolute atomic E-state index is 0.193. The van der Waals surface area contributed by atoms with Gasteiger partial charge in [0, 0.05) is 26.0 Å². The maximum Gasteiger partial charge on any atom is 0.346 e. The zero-order valence-corrected chi connectivity index (χ0v) is 10.8. The van der Waals surface area contributed by atoms with Crippen LogP contribution in [0.25, 0.3) is 0 Å². The van der Waals surface area contributed by atoms with Gasteiger partial charge in [0.25, 0.3) is 0 Å². The van der Waals surface area contributed by atoms with Gasteiger partial charge in [0.2, 0.25) is 0 Å². The normalized spacial score (nSPS) is 32.1. The molecule has 0 aromatic carbocycles. The average molecular weight is 239 g/mol. The summed E-state index contributed by atoms with van der Waals surface area (Å²) in [4.78, 5) is 17.7. The van der Waals surface area contributed by atoms with Gasteiger partial charge in [-0.3, -0.25) is 0 Å². The number of carbonyl (C=O) groups is 1. The van der Waals surface area contributed by atoms with Gasteiger partial charge in [0.15, 0.2) is 0 Å². The van der Waals surface area contributed by atoms with Crippen molar-refractivity contribution >= 4 is 11.9 Å². The standard InChI is InChI=1S/C12H21N3O2/c1-4-6-15-10(16)14-9(13)12(15)5-7-17-11(2,3)8-12/h4-8H2,1-3H3,(H2,13,14,16). The predicted octanol–water partition coefficient (Wildman–Crippen LogP) is 1.52. The fraction of sp³-hybridized carbons (Fsp3) is 0.833. The van der Waals surface area contributed by atoms with Crippen molar-refractivity contribution in [1.29, 1.82) is 0 Å². The number of hydrogen-bond donors (Lipinski definition) is 1. The third-order valence-electron chi connectivity index (χ3n) is 3.61. The van der Waals surface area contributed by atoms with Crippen LogP contribution in [0.4, 0.5) is 4.79 Å². The molecular formula is C12H21N3O2. The van der Waals surface area contributed by atoms with E-state index in [0.717, 1.165) is 19.3 Å². The zero-order chi connectivity index (χ0) is 12.7. The van der Waals surface area contributed by atoms with Gasteiger partial charge in [-0.25, -0.2) is 4.79 Å². The molecule has 17 heavy (non-hydrogen) atoms. The molecule has 1 atom stereocenters. The first-order chi connectivity index (χ1) is 7.91. The summed E-state index contributed by atoms with van der Waals surface area (Å²) >= 11 is 0. The van der Waals surface area contributed by atoms with Gasteiger partial charge in [-0.1, -0.05) is 6.92 Å². The van der Waals surface area contributed by atoms with Gasteiger partial charge >= 0.3 is 6.03 Å². The molecule has 1 unspecified atom stereocenters. The van der Waals surface area contributed by atoms with Gasteiger partial charge in [-0.15, -0.1) is 0 Å². The summed E-state index contributed by atoms with van der Waals surface area (Å²) in [6, 6.07) is -0.193. The molecular weight excluding hydrogens is 218 g/mol. The molecule has 1 saturated heterocycles. The molecule has 5 nitrogen and oxygen atoms in total. The summed E-state index contributed by atoms with van der Waals surface area (Å²) in [7, 11) is 0. The number of ether oxygens (including phenoxy) is 1. The van der Waals surface area contributed by atoms with E-state index in [4.69, 9.17) is 10.5 Å². The van der Waals surface area contributed by atoms with Gasteiger partial charge in [0.1, 0.15) is 11.4 Å². The lowest BCUT2D eigenvalue weighted by molar-refractivity contribution is -0.0892. The number of carbonyl (C=O) groups excluding carboxylic acids is 1. The number of nitrogens with two attached hydrogens (primary N) is 1. The van der Waals surface area contributed by atoms with Crippen molar-refractivity contribution in [3.8, 4) is 0 Å². The predicted molar refractivity (Wildman–Crippen MR) is 66.0 cm³/mol. The van der Waals surface area contributed by atoms with Crippen LogP contribution in [0.5, 0.6) is 0 Å². The topological polar surface area (TPSA) is 67.9 Å². The Morgan fingerprint density at radius 3 is 2.82 bits per heavy atom. The van der Waals surface area contributed by atoms with E-state index in [0.29, 0.717) is 19.0 Å². The number of rotatable bonds is 2. The highest BCUT2D eigenvalue weighted by Crippen LogP contribution is 2.39. The number of urea groups is 1. The van der Waals surface area contributed by atoms with Crippen LogP contribution in [0.1, 0.15) is 40.0 Å². The lowest BCUT2D eigenvalue weighted by atomic mass is 9.79. The highest BCUT2D eigenvalue weighted by Gasteiger charge is 2.52. The molecule has 0 saturated carbocycles. The lowest BCUT2D eigenvalue weighted by Crippen LogP contribution is -2.61. The number of hydrogen-bond acceptors (Lipinski definition) is 3. The maximum atomic E-state index is 11.9. The second-order valence-electron chi connectivity index (χ2n) is 5.50. The molecule has 0 aromatic heterocycles. The largest absolute Gasteiger partial charge is 0.385 e. The highest BCUT2D eigenvalue weighted by atomic mass is 16.5. The van der Waals surface area contributed by atoms with Crippen molar-refractivity contribution in [1.82, 2.24) is 4.90 Å². The SMILES string of the molecule is CCCN1C(=O)N=C(N)C12CCOC(C)(C)C2. The third kappa shape index (κ3) is 1.92. The fourth-order valence-electron chi connectivity index (χ4n) is 2.91. The summed E-state index contributed by atoms with van der Waals surface area (Å²) < 4.78 is 5.71. The van der Waals surface area contributed by atoms with Crippen LogP contribution in [0, 0.1) is 0 Å². The monoisotopic (exact) mass is 239 g/mol. The molecule has 2 amide bonds. The van der Waals surface area contributed by atoms with E-state index < -0.39 is 5.54 Å². The lowest BCUT2D eigenvalue weighted by Gasteiger charge is -2.46. The van der Waals surface area contributed by atoms with Crippen molar-refractivity contribution in [3.05, 3.63) is 0 Å². The molecule has 2 aliphatic heterocycles. The third-order valence-corrected chi connectivity index (χ3v) is 3.61. The van der Waals surface area contributed by atoms with Gasteiger partial charge < -0.3 is 15.4 Å². The molecule has 2 heterocycles. The second-order valence-corrected chi connectivity index (χ2v) is 5.50. The molecule has 1 fully saturated rings. The van der Waals surface area contributed by atoms with E-state index in [1.807, 2.05) is 18.7 Å². The van der Waals surface area contributed by atoms with Crippen LogP contribution in [0.3, 0.4) is 0 Å². The van der Waals surface area contributed by atoms with E-state index >= 15 is 0 Å². The highest BCUT2D eigenvalue weighted by molar-refractivity contribution is 6.06. The van der Waals surface area contributed by atoms with Gasteiger partial charge in [-0.05, 0) is 20.3 Å². The van der Waals surface area contributed by atoms with Crippen LogP contribution in [0.2, 0.25) is 0 Å². The van der Waals surface area contributed by atoms with Crippen LogP contribution in [-0.2, 0) is 4.74 Å². The summed E-state index contributed by atoms with van der Waals surface area (Å²) in [5.41, 5.74) is 5.35. The minimum atomic E-state index is -0.408. The first-order valence-corrected chi connectivity index (χ1v) is 6.21. The van der Waals surface area contributed by atoms with Crippen molar-refractivity contribution in [3.63, 3.8) is 0 Å². The number of amides is 2. The quantitative estimate of drug-likeness (QED) is 0.794. The van der Waals surface area contributed by atoms with Gasteiger partial charge in [-0.2, -0.15) is 4.99 Å². The Hall–Kier alpha value is -1.10. The Kier molecular flexibility index (Phi) is 2.89. The zero-order valence-electron chi connectivity index (χ0n) is 10.8. The Morgan fingerprint density at radius 1 is 1.53 bits per heavy atom. The van der Waals surface area contributed by atoms with Crippen molar-refractivity contribution in [2.75, 3.05) is 13.2 Å². The van der Waals surface area contributed by atoms with Crippen LogP contribution in [-0.4, -0.2) is 41.1 Å². The molecule has 2 rings (SSSR count). The Morgan fingerprint density at radius 2 is 2.24 bits per heavy atom. The van der Waals surface area contributed by atoms with Crippen LogP contribution < -0.4 is 5.73 Å². The Labute approximate surface area is 102 Å². The molecule has 0 aliphatic carbocycles. The van der Waals surface area contributed by atoms with Crippen LogP contribution >= 0.6 is 0 Å². The van der Waals surface area contributed by atoms with Gasteiger partial charge in [0.05, 0.1) is 5.60 Å². The van der Waals surface area contributed by atoms with E-state index in [1.54, 1.807) is 0 Å². The maximum absolute atomic E-state index is 11.9. The van der Waals surface area contributed by atoms with E-state index in [1.165, 1.54) is 0 Å². The fourth-order valence-corrected chi connectivity index (χ4v) is 2.91. The number of aliphatic imine (C=N–C) groups is 1. The second kappa shape index (κ2) is 3.98. The minimum Gasteiger partial charge on any atom is -0.385 e. The molecule has 1 spiro atoms. The van der Waals surface area contributed by atoms with Crippen molar-refractivity contribution in [2.24, 2.45) is 10.7 Å². The van der Waals surface area contributed by atoms with Crippen LogP contribution in [0.15, 0.2) is 4.99 Å². The molecule has 0 aromatic rings. The molecule has 2 aliphatic rings.